The number of hydrogen-bond acceptors (Lipinski definition) is 10. The summed E-state index contributed by atoms with van der Waals surface area (Å²) in [4.78, 5) is 50.8. The van der Waals surface area contributed by atoms with Crippen molar-refractivity contribution < 1.29 is 23.1 Å². The van der Waals surface area contributed by atoms with Crippen LogP contribution in [0.2, 0.25) is 0 Å². The van der Waals surface area contributed by atoms with Crippen molar-refractivity contribution in [1.82, 2.24) is 34.7 Å². The first-order valence-electron chi connectivity index (χ1n) is 12.9. The molecule has 0 aliphatic carbocycles. The van der Waals surface area contributed by atoms with E-state index in [0.29, 0.717) is 21.7 Å². The van der Waals surface area contributed by atoms with Crippen LogP contribution < -0.4 is 26.8 Å². The molecule has 0 aliphatic heterocycles. The summed E-state index contributed by atoms with van der Waals surface area (Å²) in [6, 6.07) is 9.06. The molecule has 0 saturated carbocycles. The number of carbonyl (C=O) groups excluding carboxylic acids is 1. The van der Waals surface area contributed by atoms with Gasteiger partial charge in [0.1, 0.15) is 16.5 Å². The maximum atomic E-state index is 14.8. The predicted octanol–water partition coefficient (Wildman–Crippen LogP) is 3.15. The first-order chi connectivity index (χ1) is 21.1. The van der Waals surface area contributed by atoms with E-state index in [4.69, 9.17) is 4.74 Å². The minimum Gasteiger partial charge on any atom is -0.480 e. The van der Waals surface area contributed by atoms with E-state index in [9.17, 15) is 23.2 Å². The molecule has 0 bridgehead atoms. The van der Waals surface area contributed by atoms with Crippen molar-refractivity contribution in [2.24, 2.45) is 0 Å². The van der Waals surface area contributed by atoms with Gasteiger partial charge in [0.25, 0.3) is 5.56 Å². The summed E-state index contributed by atoms with van der Waals surface area (Å²) in [7, 11) is 6.34. The fourth-order valence-corrected chi connectivity index (χ4v) is 5.86. The molecule has 0 radical (unpaired) electrons. The second-order valence-corrected chi connectivity index (χ2v) is 10.7. The molecule has 44 heavy (non-hydrogen) atoms. The van der Waals surface area contributed by atoms with Gasteiger partial charge in [0.05, 0.1) is 38.5 Å². The zero-order chi connectivity index (χ0) is 31.5. The van der Waals surface area contributed by atoms with Gasteiger partial charge in [-0.05, 0) is 43.4 Å². The number of amides is 2. The molecule has 2 amide bonds. The van der Waals surface area contributed by atoms with Crippen LogP contribution in [-0.2, 0) is 17.9 Å². The summed E-state index contributed by atoms with van der Waals surface area (Å²) in [5.74, 6) is -1.83. The topological polar surface area (TPSA) is 146 Å². The Morgan fingerprint density at radius 3 is 2.30 bits per heavy atom. The third kappa shape index (κ3) is 5.90. The Hall–Kier alpha value is -5.06. The summed E-state index contributed by atoms with van der Waals surface area (Å²) < 4.78 is 36.6. The van der Waals surface area contributed by atoms with Gasteiger partial charge in [-0.15, -0.1) is 21.5 Å². The number of nitrogens with one attached hydrogen (secondary N) is 2. The Morgan fingerprint density at radius 1 is 1.00 bits per heavy atom. The normalized spacial score (nSPS) is 11.2. The Morgan fingerprint density at radius 2 is 1.70 bits per heavy atom. The van der Waals surface area contributed by atoms with Gasteiger partial charge in [-0.2, -0.15) is 0 Å². The van der Waals surface area contributed by atoms with Crippen LogP contribution in [0.5, 0.6) is 5.88 Å². The van der Waals surface area contributed by atoms with E-state index < -0.39 is 41.0 Å². The number of methoxy groups -OCH3 is 1. The maximum absolute atomic E-state index is 14.8. The summed E-state index contributed by atoms with van der Waals surface area (Å²) in [5.41, 5.74) is 1.95. The van der Waals surface area contributed by atoms with Crippen LogP contribution in [0, 0.1) is 11.6 Å². The van der Waals surface area contributed by atoms with E-state index in [1.807, 2.05) is 19.0 Å². The Bertz CT molecular complexity index is 1940. The summed E-state index contributed by atoms with van der Waals surface area (Å²) in [5, 5.41) is 10.7. The third-order valence-electron chi connectivity index (χ3n) is 6.48. The Labute approximate surface area is 252 Å². The largest absolute Gasteiger partial charge is 0.480 e. The molecule has 4 aromatic heterocycles. The number of halogens is 2. The number of hydrogen-bond donors (Lipinski definition) is 2. The second kappa shape index (κ2) is 12.7. The number of anilines is 1. The van der Waals surface area contributed by atoms with Gasteiger partial charge in [-0.3, -0.25) is 19.2 Å². The van der Waals surface area contributed by atoms with Crippen LogP contribution >= 0.6 is 11.3 Å². The van der Waals surface area contributed by atoms with Crippen LogP contribution in [0.4, 0.5) is 19.3 Å². The van der Waals surface area contributed by atoms with Crippen molar-refractivity contribution >= 4 is 33.3 Å². The van der Waals surface area contributed by atoms with Gasteiger partial charge in [-0.25, -0.2) is 28.4 Å². The maximum Gasteiger partial charge on any atom is 0.343 e. The zero-order valence-corrected chi connectivity index (χ0v) is 24.7. The van der Waals surface area contributed by atoms with Crippen molar-refractivity contribution in [1.29, 1.82) is 0 Å². The quantitative estimate of drug-likeness (QED) is 0.236. The number of hydroxylamine groups is 1. The fraction of sp³-hybridized carbons (Fsp3) is 0.214. The van der Waals surface area contributed by atoms with Crippen molar-refractivity contribution in [2.45, 2.75) is 13.1 Å². The van der Waals surface area contributed by atoms with Crippen LogP contribution in [0.25, 0.3) is 26.5 Å². The average molecular weight is 625 g/mol. The molecule has 1 aromatic carbocycles. The molecule has 0 fully saturated rings. The van der Waals surface area contributed by atoms with E-state index in [2.05, 4.69) is 30.8 Å². The van der Waals surface area contributed by atoms with E-state index >= 15 is 0 Å². The minimum absolute atomic E-state index is 0.0968. The molecule has 0 atom stereocenters. The number of urea groups is 1. The lowest BCUT2D eigenvalue weighted by atomic mass is 10.1. The highest BCUT2D eigenvalue weighted by Crippen LogP contribution is 2.38. The highest BCUT2D eigenvalue weighted by atomic mass is 32.1. The monoisotopic (exact) mass is 624 g/mol. The smallest absolute Gasteiger partial charge is 0.343 e. The van der Waals surface area contributed by atoms with Gasteiger partial charge in [-0.1, -0.05) is 12.1 Å². The number of nitrogens with zero attached hydrogens (tertiary/aromatic N) is 6. The minimum atomic E-state index is -0.946. The van der Waals surface area contributed by atoms with E-state index in [0.717, 1.165) is 32.9 Å². The van der Waals surface area contributed by atoms with Crippen LogP contribution in [0.15, 0.2) is 58.4 Å². The first-order valence-corrected chi connectivity index (χ1v) is 13.8. The molecule has 0 unspecified atom stereocenters. The lowest BCUT2D eigenvalue weighted by molar-refractivity contribution is 0.114. The van der Waals surface area contributed by atoms with Crippen LogP contribution in [0.3, 0.4) is 0 Å². The summed E-state index contributed by atoms with van der Waals surface area (Å²) >= 11 is 1.13. The molecule has 16 heteroatoms. The first kappa shape index (κ1) is 30.4. The molecule has 5 rings (SSSR count). The number of aromatic nitrogens is 5. The molecule has 13 nitrogen and oxygen atoms in total. The zero-order valence-electron chi connectivity index (χ0n) is 23.9. The van der Waals surface area contributed by atoms with Crippen molar-refractivity contribution in [3.8, 4) is 22.1 Å². The number of carbonyl (C=O) groups is 1. The molecule has 0 aliphatic rings. The number of pyridine rings is 1. The SMILES string of the molecule is CONC(=O)Nc1ccc(-c2sc3c(c2CN(C)C)c(=O)n(-c2ccc(OC)nn2)c(=O)n3Cc2c(F)cncc2F)cc1. The van der Waals surface area contributed by atoms with Crippen molar-refractivity contribution in [3.05, 3.63) is 92.4 Å². The molecular formula is C28H26F2N8O5S. The number of rotatable bonds is 9. The lowest BCUT2D eigenvalue weighted by Gasteiger charge is -2.14. The van der Waals surface area contributed by atoms with E-state index in [1.54, 1.807) is 24.3 Å². The van der Waals surface area contributed by atoms with Gasteiger partial charge in [0.2, 0.25) is 5.88 Å². The molecule has 0 spiro atoms. The molecule has 2 N–H and O–H groups in total. The average Bonchev–Trinajstić information content (AvgIpc) is 3.36. The van der Waals surface area contributed by atoms with Crippen LogP contribution in [0.1, 0.15) is 11.1 Å². The fourth-order valence-electron chi connectivity index (χ4n) is 4.55. The molecule has 0 saturated heterocycles. The van der Waals surface area contributed by atoms with Crippen molar-refractivity contribution in [2.75, 3.05) is 33.6 Å². The molecule has 5 aromatic rings. The second-order valence-electron chi connectivity index (χ2n) is 9.69. The number of benzene rings is 1. The predicted molar refractivity (Wildman–Crippen MR) is 159 cm³/mol. The Balaban J connectivity index is 1.79. The number of ether oxygens (including phenoxy) is 1. The number of thiophene rings is 1. The summed E-state index contributed by atoms with van der Waals surface area (Å²) in [6.45, 7) is -0.247. The highest BCUT2D eigenvalue weighted by molar-refractivity contribution is 7.22. The summed E-state index contributed by atoms with van der Waals surface area (Å²) in [6.07, 6.45) is 1.71. The van der Waals surface area contributed by atoms with E-state index in [1.165, 1.54) is 26.4 Å². The number of fused-ring (bicyclic) bond motifs is 1. The van der Waals surface area contributed by atoms with Gasteiger partial charge < -0.3 is 15.0 Å². The molecule has 4 heterocycles. The molecule has 228 valence electrons. The highest BCUT2D eigenvalue weighted by Gasteiger charge is 2.26. The van der Waals surface area contributed by atoms with Gasteiger partial charge >= 0.3 is 11.7 Å². The van der Waals surface area contributed by atoms with Gasteiger partial charge in [0.15, 0.2) is 5.82 Å². The Kier molecular flexibility index (Phi) is 8.75. The van der Waals surface area contributed by atoms with Crippen LogP contribution in [-0.4, -0.2) is 63.6 Å². The van der Waals surface area contributed by atoms with Crippen molar-refractivity contribution in [3.63, 3.8) is 0 Å². The standard InChI is InChI=1S/C28H26F2N8O5S/c1-36(2)13-18-23-25(39)38(21-9-10-22(42-3)34-33-21)28(41)37(14-17-19(29)11-31-12-20(17)30)26(23)44-24(18)15-5-7-16(8-6-15)32-27(40)35-43-4/h5-12H,13-14H2,1-4H3,(H2,32,35,40). The van der Waals surface area contributed by atoms with E-state index in [-0.39, 0.29) is 28.5 Å². The third-order valence-corrected chi connectivity index (χ3v) is 7.78. The molecular weight excluding hydrogens is 598 g/mol. The van der Waals surface area contributed by atoms with Gasteiger partial charge in [0, 0.05) is 28.7 Å². The lowest BCUT2D eigenvalue weighted by Crippen LogP contribution is -2.39.